The number of hydrogen-bond acceptors (Lipinski definition) is 2. The molecule has 0 fully saturated rings. The summed E-state index contributed by atoms with van der Waals surface area (Å²) in [5.74, 6) is 0. The highest BCUT2D eigenvalue weighted by atomic mass is 35.5. The van der Waals surface area contributed by atoms with Crippen molar-refractivity contribution >= 4 is 17.3 Å². The van der Waals surface area contributed by atoms with E-state index >= 15 is 0 Å². The third-order valence-corrected chi connectivity index (χ3v) is 2.20. The number of rotatable bonds is 2. The maximum atomic E-state index is 5.93. The van der Waals surface area contributed by atoms with Crippen molar-refractivity contribution in [2.75, 3.05) is 5.73 Å². The SMILES string of the molecule is CCC(N)c1cc(N)ccc1Cl. The predicted molar refractivity (Wildman–Crippen MR) is 53.1 cm³/mol. The Hall–Kier alpha value is -0.730. The maximum Gasteiger partial charge on any atom is 0.0455 e. The van der Waals surface area contributed by atoms with Gasteiger partial charge in [-0.3, -0.25) is 0 Å². The van der Waals surface area contributed by atoms with E-state index < -0.39 is 0 Å². The lowest BCUT2D eigenvalue weighted by Crippen LogP contribution is -2.09. The van der Waals surface area contributed by atoms with Crippen molar-refractivity contribution in [2.45, 2.75) is 19.4 Å². The standard InChI is InChI=1S/C9H13ClN2/c1-2-9(12)7-5-6(11)3-4-8(7)10/h3-5,9H,2,11-12H2,1H3. The summed E-state index contributed by atoms with van der Waals surface area (Å²) in [5.41, 5.74) is 13.1. The molecule has 0 bridgehead atoms. The van der Waals surface area contributed by atoms with Crippen LogP contribution >= 0.6 is 11.6 Å². The molecular formula is C9H13ClN2. The van der Waals surface area contributed by atoms with Crippen LogP contribution in [-0.4, -0.2) is 0 Å². The van der Waals surface area contributed by atoms with Crippen LogP contribution in [0.3, 0.4) is 0 Å². The lowest BCUT2D eigenvalue weighted by atomic mass is 10.1. The zero-order valence-electron chi connectivity index (χ0n) is 7.05. The molecular weight excluding hydrogens is 172 g/mol. The van der Waals surface area contributed by atoms with Gasteiger partial charge in [0.2, 0.25) is 0 Å². The molecule has 3 heteroatoms. The van der Waals surface area contributed by atoms with Gasteiger partial charge >= 0.3 is 0 Å². The van der Waals surface area contributed by atoms with Gasteiger partial charge in [-0.1, -0.05) is 18.5 Å². The minimum atomic E-state index is -0.0130. The molecule has 0 heterocycles. The first-order valence-electron chi connectivity index (χ1n) is 3.95. The van der Waals surface area contributed by atoms with E-state index in [1.54, 1.807) is 12.1 Å². The average molecular weight is 185 g/mol. The molecule has 0 spiro atoms. The number of benzene rings is 1. The van der Waals surface area contributed by atoms with E-state index in [0.29, 0.717) is 10.7 Å². The van der Waals surface area contributed by atoms with Gasteiger partial charge in [-0.2, -0.15) is 0 Å². The first kappa shape index (κ1) is 9.36. The highest BCUT2D eigenvalue weighted by Crippen LogP contribution is 2.25. The summed E-state index contributed by atoms with van der Waals surface area (Å²) in [4.78, 5) is 0. The summed E-state index contributed by atoms with van der Waals surface area (Å²) in [7, 11) is 0. The molecule has 0 aromatic heterocycles. The van der Waals surface area contributed by atoms with Crippen molar-refractivity contribution in [3.8, 4) is 0 Å². The van der Waals surface area contributed by atoms with E-state index in [1.165, 1.54) is 0 Å². The highest BCUT2D eigenvalue weighted by molar-refractivity contribution is 6.31. The van der Waals surface area contributed by atoms with Gasteiger partial charge in [0.25, 0.3) is 0 Å². The fourth-order valence-electron chi connectivity index (χ4n) is 1.07. The lowest BCUT2D eigenvalue weighted by Gasteiger charge is -2.11. The van der Waals surface area contributed by atoms with Crippen LogP contribution in [0.4, 0.5) is 5.69 Å². The Labute approximate surface area is 77.5 Å². The maximum absolute atomic E-state index is 5.93. The lowest BCUT2D eigenvalue weighted by molar-refractivity contribution is 0.699. The van der Waals surface area contributed by atoms with Crippen molar-refractivity contribution in [3.63, 3.8) is 0 Å². The normalized spacial score (nSPS) is 12.9. The molecule has 1 aromatic carbocycles. The Balaban J connectivity index is 3.04. The molecule has 0 radical (unpaired) electrons. The van der Waals surface area contributed by atoms with Crippen LogP contribution in [0, 0.1) is 0 Å². The van der Waals surface area contributed by atoms with Crippen molar-refractivity contribution in [3.05, 3.63) is 28.8 Å². The largest absolute Gasteiger partial charge is 0.399 e. The van der Waals surface area contributed by atoms with E-state index in [-0.39, 0.29) is 6.04 Å². The van der Waals surface area contributed by atoms with Gasteiger partial charge in [0, 0.05) is 16.8 Å². The monoisotopic (exact) mass is 184 g/mol. The number of halogens is 1. The molecule has 4 N–H and O–H groups in total. The number of hydrogen-bond donors (Lipinski definition) is 2. The van der Waals surface area contributed by atoms with E-state index in [4.69, 9.17) is 23.1 Å². The van der Waals surface area contributed by atoms with Crippen molar-refractivity contribution in [1.82, 2.24) is 0 Å². The molecule has 2 nitrogen and oxygen atoms in total. The molecule has 1 atom stereocenters. The van der Waals surface area contributed by atoms with E-state index in [1.807, 2.05) is 13.0 Å². The summed E-state index contributed by atoms with van der Waals surface area (Å²) in [6, 6.07) is 5.37. The van der Waals surface area contributed by atoms with Crippen molar-refractivity contribution in [2.24, 2.45) is 5.73 Å². The summed E-state index contributed by atoms with van der Waals surface area (Å²) in [6.45, 7) is 2.02. The molecule has 1 aromatic rings. The highest BCUT2D eigenvalue weighted by Gasteiger charge is 2.07. The van der Waals surface area contributed by atoms with Gasteiger partial charge < -0.3 is 11.5 Å². The zero-order valence-corrected chi connectivity index (χ0v) is 7.81. The molecule has 0 saturated carbocycles. The molecule has 1 rings (SSSR count). The molecule has 1 unspecified atom stereocenters. The second-order valence-corrected chi connectivity index (χ2v) is 3.20. The zero-order chi connectivity index (χ0) is 9.14. The number of anilines is 1. The summed E-state index contributed by atoms with van der Waals surface area (Å²) >= 11 is 5.93. The van der Waals surface area contributed by atoms with Gasteiger partial charge in [0.05, 0.1) is 0 Å². The van der Waals surface area contributed by atoms with Crippen LogP contribution in [0.15, 0.2) is 18.2 Å². The van der Waals surface area contributed by atoms with Crippen molar-refractivity contribution in [1.29, 1.82) is 0 Å². The Bertz CT molecular complexity index is 273. The summed E-state index contributed by atoms with van der Waals surface area (Å²) in [5, 5.41) is 0.693. The Morgan fingerprint density at radius 1 is 1.50 bits per heavy atom. The van der Waals surface area contributed by atoms with Gasteiger partial charge in [0.15, 0.2) is 0 Å². The molecule has 0 amide bonds. The minimum absolute atomic E-state index is 0.0130. The third kappa shape index (κ3) is 1.90. The van der Waals surface area contributed by atoms with Gasteiger partial charge in [-0.25, -0.2) is 0 Å². The molecule has 66 valence electrons. The second-order valence-electron chi connectivity index (χ2n) is 2.80. The van der Waals surface area contributed by atoms with Crippen LogP contribution in [0.2, 0.25) is 5.02 Å². The first-order chi connectivity index (χ1) is 5.65. The van der Waals surface area contributed by atoms with Crippen LogP contribution in [0.25, 0.3) is 0 Å². The van der Waals surface area contributed by atoms with E-state index in [0.717, 1.165) is 12.0 Å². The first-order valence-corrected chi connectivity index (χ1v) is 4.33. The van der Waals surface area contributed by atoms with Crippen LogP contribution in [-0.2, 0) is 0 Å². The van der Waals surface area contributed by atoms with Crippen molar-refractivity contribution < 1.29 is 0 Å². The fraction of sp³-hybridized carbons (Fsp3) is 0.333. The van der Waals surface area contributed by atoms with Gasteiger partial charge in [-0.05, 0) is 30.2 Å². The Kier molecular flexibility index (Phi) is 2.95. The fourth-order valence-corrected chi connectivity index (χ4v) is 1.32. The van der Waals surface area contributed by atoms with Crippen LogP contribution < -0.4 is 11.5 Å². The molecule has 0 aliphatic rings. The number of nitrogen functional groups attached to an aromatic ring is 1. The summed E-state index contributed by atoms with van der Waals surface area (Å²) in [6.07, 6.45) is 0.864. The molecule has 0 aliphatic carbocycles. The topological polar surface area (TPSA) is 52.0 Å². The van der Waals surface area contributed by atoms with Crippen LogP contribution in [0.1, 0.15) is 24.9 Å². The minimum Gasteiger partial charge on any atom is -0.399 e. The van der Waals surface area contributed by atoms with Gasteiger partial charge in [-0.15, -0.1) is 0 Å². The molecule has 0 aliphatic heterocycles. The number of nitrogens with two attached hydrogens (primary N) is 2. The van der Waals surface area contributed by atoms with E-state index in [9.17, 15) is 0 Å². The average Bonchev–Trinajstić information content (AvgIpc) is 2.08. The van der Waals surface area contributed by atoms with Gasteiger partial charge in [0.1, 0.15) is 0 Å². The molecule has 0 saturated heterocycles. The molecule has 12 heavy (non-hydrogen) atoms. The summed E-state index contributed by atoms with van der Waals surface area (Å²) < 4.78 is 0. The third-order valence-electron chi connectivity index (χ3n) is 1.86. The predicted octanol–water partition coefficient (Wildman–Crippen LogP) is 2.33. The smallest absolute Gasteiger partial charge is 0.0455 e. The Morgan fingerprint density at radius 3 is 2.75 bits per heavy atom. The van der Waals surface area contributed by atoms with E-state index in [2.05, 4.69) is 0 Å². The quantitative estimate of drug-likeness (QED) is 0.694. The second kappa shape index (κ2) is 3.78. The Morgan fingerprint density at radius 2 is 2.17 bits per heavy atom. The van der Waals surface area contributed by atoms with Crippen LogP contribution in [0.5, 0.6) is 0 Å².